The highest BCUT2D eigenvalue weighted by Gasteiger charge is 1.98. The van der Waals surface area contributed by atoms with E-state index in [2.05, 4.69) is 5.32 Å². The van der Waals surface area contributed by atoms with E-state index in [0.717, 1.165) is 12.2 Å². The summed E-state index contributed by atoms with van der Waals surface area (Å²) in [4.78, 5) is 20.6. The molecule has 0 aromatic carbocycles. The number of rotatable bonds is 4. The van der Waals surface area contributed by atoms with Gasteiger partial charge in [0.1, 0.15) is 0 Å². The zero-order valence-electron chi connectivity index (χ0n) is 6.65. The van der Waals surface area contributed by atoms with Gasteiger partial charge in [0, 0.05) is 18.7 Å². The highest BCUT2D eigenvalue weighted by atomic mass is 16.4. The maximum absolute atomic E-state index is 10.7. The molecule has 0 heterocycles. The Morgan fingerprint density at radius 2 is 2.08 bits per heavy atom. The van der Waals surface area contributed by atoms with Gasteiger partial charge in [-0.25, -0.2) is 4.79 Å². The van der Waals surface area contributed by atoms with Gasteiger partial charge in [-0.3, -0.25) is 4.79 Å². The van der Waals surface area contributed by atoms with Crippen LogP contribution in [0.2, 0.25) is 0 Å². The summed E-state index contributed by atoms with van der Waals surface area (Å²) >= 11 is 0. The van der Waals surface area contributed by atoms with Crippen molar-refractivity contribution >= 4 is 11.9 Å². The van der Waals surface area contributed by atoms with Crippen LogP contribution in [0.15, 0.2) is 12.2 Å². The van der Waals surface area contributed by atoms with Gasteiger partial charge in [0.15, 0.2) is 0 Å². The fraction of sp³-hybridized carbons (Fsp3) is 0.429. The Labute approximate surface area is 69.7 Å². The van der Waals surface area contributed by atoms with Crippen LogP contribution in [0, 0.1) is 0 Å². The van der Waals surface area contributed by atoms with Crippen LogP contribution in [0.25, 0.3) is 0 Å². The Hall–Kier alpha value is -1.36. The van der Waals surface area contributed by atoms with E-state index in [-0.39, 0.29) is 6.54 Å². The summed E-state index contributed by atoms with van der Waals surface area (Å²) in [6, 6.07) is 0. The lowest BCUT2D eigenvalue weighted by Gasteiger charge is -2.02. The van der Waals surface area contributed by atoms with Crippen molar-refractivity contribution in [2.45, 2.75) is 13.0 Å². The molecular formula is C7H11NO4. The molecule has 68 valence electrons. The minimum Gasteiger partial charge on any atom is -0.478 e. The first kappa shape index (κ1) is 10.6. The average Bonchev–Trinajstić information content (AvgIpc) is 1.96. The van der Waals surface area contributed by atoms with E-state index in [1.54, 1.807) is 0 Å². The number of aliphatic carboxylic acids is 1. The molecule has 0 saturated carbocycles. The molecular weight excluding hydrogens is 162 g/mol. The van der Waals surface area contributed by atoms with Crippen molar-refractivity contribution in [3.8, 4) is 0 Å². The minimum absolute atomic E-state index is 0.114. The fourth-order valence-electron chi connectivity index (χ4n) is 0.454. The Kier molecular flexibility index (Phi) is 4.71. The third-order valence-corrected chi connectivity index (χ3v) is 0.949. The molecule has 0 aromatic rings. The van der Waals surface area contributed by atoms with E-state index in [9.17, 15) is 9.59 Å². The van der Waals surface area contributed by atoms with E-state index in [0.29, 0.717) is 0 Å². The van der Waals surface area contributed by atoms with E-state index >= 15 is 0 Å². The zero-order chi connectivity index (χ0) is 9.56. The molecule has 12 heavy (non-hydrogen) atoms. The molecule has 0 bridgehead atoms. The summed E-state index contributed by atoms with van der Waals surface area (Å²) in [5, 5.41) is 19.1. The summed E-state index contributed by atoms with van der Waals surface area (Å²) in [6.07, 6.45) is 0.995. The average molecular weight is 173 g/mol. The molecule has 3 N–H and O–H groups in total. The molecule has 5 nitrogen and oxygen atoms in total. The first-order chi connectivity index (χ1) is 5.52. The van der Waals surface area contributed by atoms with Crippen molar-refractivity contribution in [3.63, 3.8) is 0 Å². The number of carboxylic acids is 1. The Morgan fingerprint density at radius 1 is 1.50 bits per heavy atom. The maximum Gasteiger partial charge on any atom is 0.328 e. The lowest BCUT2D eigenvalue weighted by atomic mass is 10.4. The molecule has 0 aliphatic carbocycles. The number of nitrogens with one attached hydrogen (secondary N) is 1. The quantitative estimate of drug-likeness (QED) is 0.482. The lowest BCUT2D eigenvalue weighted by molar-refractivity contribution is -0.131. The number of hydrogen-bond donors (Lipinski definition) is 3. The smallest absolute Gasteiger partial charge is 0.328 e. The number of aliphatic hydroxyl groups is 1. The topological polar surface area (TPSA) is 86.6 Å². The highest BCUT2D eigenvalue weighted by Crippen LogP contribution is 1.77. The van der Waals surface area contributed by atoms with Gasteiger partial charge in [0.2, 0.25) is 5.91 Å². The van der Waals surface area contributed by atoms with Gasteiger partial charge < -0.3 is 15.5 Å². The molecule has 1 amide bonds. The van der Waals surface area contributed by atoms with Crippen LogP contribution in [0.3, 0.4) is 0 Å². The third-order valence-electron chi connectivity index (χ3n) is 0.949. The second-order valence-corrected chi connectivity index (χ2v) is 2.27. The van der Waals surface area contributed by atoms with Gasteiger partial charge >= 0.3 is 5.97 Å². The summed E-state index contributed by atoms with van der Waals surface area (Å²) in [5.41, 5.74) is 0. The second kappa shape index (κ2) is 5.31. The van der Waals surface area contributed by atoms with Crippen molar-refractivity contribution in [2.75, 3.05) is 6.54 Å². The zero-order valence-corrected chi connectivity index (χ0v) is 6.65. The Morgan fingerprint density at radius 3 is 2.50 bits per heavy atom. The van der Waals surface area contributed by atoms with Gasteiger partial charge in [0.05, 0.1) is 6.10 Å². The predicted octanol–water partition coefficient (Wildman–Crippen LogP) is -0.876. The van der Waals surface area contributed by atoms with Crippen molar-refractivity contribution in [2.24, 2.45) is 0 Å². The van der Waals surface area contributed by atoms with E-state index in [1.165, 1.54) is 6.92 Å². The van der Waals surface area contributed by atoms with E-state index in [1.807, 2.05) is 0 Å². The number of aliphatic hydroxyl groups excluding tert-OH is 1. The van der Waals surface area contributed by atoms with Crippen LogP contribution >= 0.6 is 0 Å². The van der Waals surface area contributed by atoms with Gasteiger partial charge in [-0.15, -0.1) is 0 Å². The van der Waals surface area contributed by atoms with Crippen molar-refractivity contribution in [1.82, 2.24) is 5.32 Å². The molecule has 0 fully saturated rings. The monoisotopic (exact) mass is 173 g/mol. The van der Waals surface area contributed by atoms with Gasteiger partial charge in [-0.1, -0.05) is 0 Å². The van der Waals surface area contributed by atoms with Gasteiger partial charge in [-0.05, 0) is 6.92 Å². The van der Waals surface area contributed by atoms with Crippen LogP contribution in [-0.4, -0.2) is 34.7 Å². The molecule has 0 saturated heterocycles. The molecule has 0 rings (SSSR count). The van der Waals surface area contributed by atoms with Crippen molar-refractivity contribution < 1.29 is 19.8 Å². The number of hydrogen-bond acceptors (Lipinski definition) is 3. The first-order valence-electron chi connectivity index (χ1n) is 3.39. The van der Waals surface area contributed by atoms with Crippen molar-refractivity contribution in [3.05, 3.63) is 12.2 Å². The van der Waals surface area contributed by atoms with Crippen molar-refractivity contribution in [1.29, 1.82) is 0 Å². The van der Waals surface area contributed by atoms with Crippen LogP contribution in [0.1, 0.15) is 6.92 Å². The Balaban J connectivity index is 3.67. The SMILES string of the molecule is CC(O)CNC(=O)C=CC(=O)O. The third kappa shape index (κ3) is 6.76. The van der Waals surface area contributed by atoms with Gasteiger partial charge in [-0.2, -0.15) is 0 Å². The van der Waals surface area contributed by atoms with E-state index in [4.69, 9.17) is 10.2 Å². The largest absolute Gasteiger partial charge is 0.478 e. The molecule has 0 spiro atoms. The molecule has 0 aliphatic rings. The predicted molar refractivity (Wildman–Crippen MR) is 41.5 cm³/mol. The molecule has 0 aromatic heterocycles. The minimum atomic E-state index is -1.18. The van der Waals surface area contributed by atoms with Crippen LogP contribution in [0.4, 0.5) is 0 Å². The van der Waals surface area contributed by atoms with Gasteiger partial charge in [0.25, 0.3) is 0 Å². The van der Waals surface area contributed by atoms with Crippen LogP contribution in [-0.2, 0) is 9.59 Å². The summed E-state index contributed by atoms with van der Waals surface area (Å²) in [5.74, 6) is -1.71. The molecule has 0 aliphatic heterocycles. The highest BCUT2D eigenvalue weighted by molar-refractivity contribution is 5.93. The fourth-order valence-corrected chi connectivity index (χ4v) is 0.454. The molecule has 1 unspecified atom stereocenters. The second-order valence-electron chi connectivity index (χ2n) is 2.27. The first-order valence-corrected chi connectivity index (χ1v) is 3.39. The number of amides is 1. The molecule has 0 radical (unpaired) electrons. The van der Waals surface area contributed by atoms with Crippen LogP contribution < -0.4 is 5.32 Å². The number of carbonyl (C=O) groups is 2. The molecule has 5 heteroatoms. The van der Waals surface area contributed by atoms with Crippen LogP contribution in [0.5, 0.6) is 0 Å². The summed E-state index contributed by atoms with van der Waals surface area (Å²) < 4.78 is 0. The normalized spacial score (nSPS) is 12.8. The summed E-state index contributed by atoms with van der Waals surface area (Å²) in [7, 11) is 0. The Bertz CT molecular complexity index is 198. The number of carbonyl (C=O) groups excluding carboxylic acids is 1. The lowest BCUT2D eigenvalue weighted by Crippen LogP contribution is -2.29. The standard InChI is InChI=1S/C7H11NO4/c1-5(9)4-8-6(10)2-3-7(11)12/h2-3,5,9H,4H2,1H3,(H,8,10)(H,11,12). The number of carboxylic acid groups (broad SMARTS) is 1. The summed E-state index contributed by atoms with van der Waals surface area (Å²) in [6.45, 7) is 1.63. The molecule has 1 atom stereocenters. The maximum atomic E-state index is 10.7. The van der Waals surface area contributed by atoms with E-state index < -0.39 is 18.0 Å².